The highest BCUT2D eigenvalue weighted by atomic mass is 79.9. The summed E-state index contributed by atoms with van der Waals surface area (Å²) in [7, 11) is 0. The fraction of sp³-hybridized carbons (Fsp3) is 0.571. The van der Waals surface area contributed by atoms with Crippen LogP contribution in [0.1, 0.15) is 33.1 Å². The second-order valence-corrected chi connectivity index (χ2v) is 6.24. The maximum atomic E-state index is 13.1. The molecule has 1 aliphatic rings. The molecule has 0 spiro atoms. The third-order valence-corrected chi connectivity index (χ3v) is 4.08. The topological polar surface area (TPSA) is 12.0 Å². The summed E-state index contributed by atoms with van der Waals surface area (Å²) in [4.78, 5) is 0. The third kappa shape index (κ3) is 3.44. The molecule has 94 valence electrons. The van der Waals surface area contributed by atoms with Gasteiger partial charge in [-0.3, -0.25) is 0 Å². The van der Waals surface area contributed by atoms with Gasteiger partial charge in [0.2, 0.25) is 0 Å². The van der Waals surface area contributed by atoms with E-state index in [4.69, 9.17) is 0 Å². The van der Waals surface area contributed by atoms with Crippen LogP contribution in [0, 0.1) is 17.7 Å². The van der Waals surface area contributed by atoms with E-state index in [9.17, 15) is 4.39 Å². The zero-order valence-corrected chi connectivity index (χ0v) is 11.9. The molecule has 0 amide bonds. The second-order valence-electron chi connectivity index (χ2n) is 5.39. The molecular formula is C14H19BrFN. The van der Waals surface area contributed by atoms with E-state index in [1.807, 2.05) is 12.1 Å². The van der Waals surface area contributed by atoms with E-state index < -0.39 is 0 Å². The lowest BCUT2D eigenvalue weighted by molar-refractivity contribution is 0.281. The SMILES string of the molecule is CC1CC(C)CC(Nc2ccc(F)c(Br)c2)C1. The van der Waals surface area contributed by atoms with Gasteiger partial charge in [0.25, 0.3) is 0 Å². The molecule has 2 unspecified atom stereocenters. The Bertz CT molecular complexity index is 384. The molecule has 2 rings (SSSR count). The number of hydrogen-bond acceptors (Lipinski definition) is 1. The van der Waals surface area contributed by atoms with Crippen molar-refractivity contribution in [3.63, 3.8) is 0 Å². The summed E-state index contributed by atoms with van der Waals surface area (Å²) in [6.45, 7) is 4.62. The van der Waals surface area contributed by atoms with Gasteiger partial charge < -0.3 is 5.32 Å². The lowest BCUT2D eigenvalue weighted by Crippen LogP contribution is -2.30. The third-order valence-electron chi connectivity index (χ3n) is 3.47. The maximum absolute atomic E-state index is 13.1. The summed E-state index contributed by atoms with van der Waals surface area (Å²) >= 11 is 3.22. The second kappa shape index (κ2) is 5.38. The molecule has 3 heteroatoms. The van der Waals surface area contributed by atoms with Gasteiger partial charge in [-0.1, -0.05) is 13.8 Å². The van der Waals surface area contributed by atoms with Gasteiger partial charge in [0, 0.05) is 11.7 Å². The molecule has 0 aromatic heterocycles. The van der Waals surface area contributed by atoms with Crippen molar-refractivity contribution in [1.29, 1.82) is 0 Å². The highest BCUT2D eigenvalue weighted by molar-refractivity contribution is 9.10. The van der Waals surface area contributed by atoms with Crippen LogP contribution in [0.4, 0.5) is 10.1 Å². The Labute approximate surface area is 111 Å². The van der Waals surface area contributed by atoms with Crippen molar-refractivity contribution >= 4 is 21.6 Å². The minimum absolute atomic E-state index is 0.207. The Hall–Kier alpha value is -0.570. The molecule has 0 bridgehead atoms. The van der Waals surface area contributed by atoms with Gasteiger partial charge in [-0.25, -0.2) is 4.39 Å². The molecule has 0 saturated heterocycles. The zero-order valence-electron chi connectivity index (χ0n) is 10.3. The average molecular weight is 300 g/mol. The van der Waals surface area contributed by atoms with Crippen molar-refractivity contribution in [3.05, 3.63) is 28.5 Å². The van der Waals surface area contributed by atoms with E-state index in [2.05, 4.69) is 35.1 Å². The smallest absolute Gasteiger partial charge is 0.137 e. The number of benzene rings is 1. The molecule has 1 aromatic rings. The quantitative estimate of drug-likeness (QED) is 0.825. The molecule has 1 aromatic carbocycles. The molecule has 0 radical (unpaired) electrons. The van der Waals surface area contributed by atoms with Crippen LogP contribution in [0.3, 0.4) is 0 Å². The Morgan fingerprint density at radius 1 is 1.18 bits per heavy atom. The van der Waals surface area contributed by atoms with Crippen molar-refractivity contribution in [1.82, 2.24) is 0 Å². The average Bonchev–Trinajstić information content (AvgIpc) is 2.22. The molecule has 1 aliphatic carbocycles. The lowest BCUT2D eigenvalue weighted by atomic mass is 9.80. The molecule has 0 aliphatic heterocycles. The largest absolute Gasteiger partial charge is 0.382 e. The fourth-order valence-electron chi connectivity index (χ4n) is 2.89. The van der Waals surface area contributed by atoms with E-state index in [1.165, 1.54) is 25.3 Å². The molecule has 1 saturated carbocycles. The first kappa shape index (κ1) is 12.9. The van der Waals surface area contributed by atoms with Crippen molar-refractivity contribution in [2.45, 2.75) is 39.2 Å². The molecule has 0 heterocycles. The van der Waals surface area contributed by atoms with E-state index in [0.717, 1.165) is 17.5 Å². The number of halogens is 2. The summed E-state index contributed by atoms with van der Waals surface area (Å²) in [5, 5.41) is 3.51. The van der Waals surface area contributed by atoms with Gasteiger partial charge in [0.1, 0.15) is 5.82 Å². The van der Waals surface area contributed by atoms with Crippen LogP contribution in [0.2, 0.25) is 0 Å². The van der Waals surface area contributed by atoms with Crippen LogP contribution in [-0.4, -0.2) is 6.04 Å². The van der Waals surface area contributed by atoms with Crippen LogP contribution in [0.15, 0.2) is 22.7 Å². The number of hydrogen-bond donors (Lipinski definition) is 1. The molecule has 1 fully saturated rings. The summed E-state index contributed by atoms with van der Waals surface area (Å²) in [5.41, 5.74) is 1.00. The summed E-state index contributed by atoms with van der Waals surface area (Å²) in [5.74, 6) is 1.35. The van der Waals surface area contributed by atoms with E-state index >= 15 is 0 Å². The van der Waals surface area contributed by atoms with Gasteiger partial charge in [0.15, 0.2) is 0 Å². The fourth-order valence-corrected chi connectivity index (χ4v) is 3.27. The molecular weight excluding hydrogens is 281 g/mol. The Kier molecular flexibility index (Phi) is 4.08. The van der Waals surface area contributed by atoms with Gasteiger partial charge in [-0.05, 0) is 65.2 Å². The van der Waals surface area contributed by atoms with Gasteiger partial charge in [-0.15, -0.1) is 0 Å². The first-order valence-electron chi connectivity index (χ1n) is 6.26. The molecule has 17 heavy (non-hydrogen) atoms. The normalized spacial score (nSPS) is 29.1. The molecule has 2 atom stereocenters. The number of rotatable bonds is 2. The van der Waals surface area contributed by atoms with Crippen molar-refractivity contribution < 1.29 is 4.39 Å². The lowest BCUT2D eigenvalue weighted by Gasteiger charge is -2.32. The Morgan fingerprint density at radius 3 is 2.41 bits per heavy atom. The van der Waals surface area contributed by atoms with Crippen LogP contribution in [-0.2, 0) is 0 Å². The Balaban J connectivity index is 2.02. The minimum atomic E-state index is -0.207. The number of anilines is 1. The van der Waals surface area contributed by atoms with Crippen molar-refractivity contribution in [3.8, 4) is 0 Å². The van der Waals surface area contributed by atoms with Crippen molar-refractivity contribution in [2.24, 2.45) is 11.8 Å². The Morgan fingerprint density at radius 2 is 1.82 bits per heavy atom. The monoisotopic (exact) mass is 299 g/mol. The van der Waals surface area contributed by atoms with E-state index in [-0.39, 0.29) is 5.82 Å². The predicted molar refractivity (Wildman–Crippen MR) is 73.7 cm³/mol. The minimum Gasteiger partial charge on any atom is -0.382 e. The van der Waals surface area contributed by atoms with Crippen LogP contribution >= 0.6 is 15.9 Å². The van der Waals surface area contributed by atoms with Crippen LogP contribution in [0.5, 0.6) is 0 Å². The van der Waals surface area contributed by atoms with Gasteiger partial charge >= 0.3 is 0 Å². The highest BCUT2D eigenvalue weighted by Gasteiger charge is 2.23. The maximum Gasteiger partial charge on any atom is 0.137 e. The summed E-state index contributed by atoms with van der Waals surface area (Å²) < 4.78 is 13.7. The standard InChI is InChI=1S/C14H19BrFN/c1-9-5-10(2)7-12(6-9)17-11-3-4-14(16)13(15)8-11/h3-4,8-10,12,17H,5-7H2,1-2H3. The van der Waals surface area contributed by atoms with Crippen molar-refractivity contribution in [2.75, 3.05) is 5.32 Å². The summed E-state index contributed by atoms with van der Waals surface area (Å²) in [6, 6.07) is 5.65. The van der Waals surface area contributed by atoms with Gasteiger partial charge in [0.05, 0.1) is 4.47 Å². The number of nitrogens with one attached hydrogen (secondary N) is 1. The van der Waals surface area contributed by atoms with Gasteiger partial charge in [-0.2, -0.15) is 0 Å². The van der Waals surface area contributed by atoms with E-state index in [0.29, 0.717) is 10.5 Å². The van der Waals surface area contributed by atoms with E-state index in [1.54, 1.807) is 0 Å². The highest BCUT2D eigenvalue weighted by Crippen LogP contribution is 2.31. The molecule has 1 nitrogen and oxygen atoms in total. The van der Waals surface area contributed by atoms with Crippen LogP contribution in [0.25, 0.3) is 0 Å². The predicted octanol–water partition coefficient (Wildman–Crippen LogP) is 4.82. The first-order valence-corrected chi connectivity index (χ1v) is 7.05. The van der Waals surface area contributed by atoms with Crippen LogP contribution < -0.4 is 5.32 Å². The zero-order chi connectivity index (χ0) is 12.4. The molecule has 1 N–H and O–H groups in total. The first-order chi connectivity index (χ1) is 8.04. The summed E-state index contributed by atoms with van der Waals surface area (Å²) in [6.07, 6.45) is 3.74.